The van der Waals surface area contributed by atoms with Gasteiger partial charge in [-0.15, -0.1) is 0 Å². The normalized spacial score (nSPS) is 10.8. The van der Waals surface area contributed by atoms with Gasteiger partial charge in [0.1, 0.15) is 18.1 Å². The zero-order chi connectivity index (χ0) is 14.1. The van der Waals surface area contributed by atoms with E-state index >= 15 is 0 Å². The van der Waals surface area contributed by atoms with E-state index in [1.165, 1.54) is 0 Å². The van der Waals surface area contributed by atoms with Gasteiger partial charge in [0.25, 0.3) is 0 Å². The van der Waals surface area contributed by atoms with Crippen molar-refractivity contribution in [3.05, 3.63) is 23.8 Å². The summed E-state index contributed by atoms with van der Waals surface area (Å²) in [5.41, 5.74) is 1.11. The summed E-state index contributed by atoms with van der Waals surface area (Å²) in [5, 5.41) is 3.42. The molecule has 1 aromatic rings. The van der Waals surface area contributed by atoms with E-state index in [-0.39, 0.29) is 0 Å². The quantitative estimate of drug-likeness (QED) is 0.698. The average molecular weight is 267 g/mol. The predicted molar refractivity (Wildman–Crippen MR) is 76.9 cm³/mol. The van der Waals surface area contributed by atoms with Crippen LogP contribution in [0, 0.1) is 5.92 Å². The molecule has 1 N–H and O–H groups in total. The van der Waals surface area contributed by atoms with Crippen molar-refractivity contribution in [1.82, 2.24) is 5.32 Å². The molecular weight excluding hydrogens is 242 g/mol. The highest BCUT2D eigenvalue weighted by molar-refractivity contribution is 5.40. The average Bonchev–Trinajstić information content (AvgIpc) is 2.40. The lowest BCUT2D eigenvalue weighted by Gasteiger charge is -2.14. The molecule has 0 spiro atoms. The molecular formula is C15H25NO3. The van der Waals surface area contributed by atoms with E-state index in [1.54, 1.807) is 14.2 Å². The minimum absolute atomic E-state index is 0.556. The van der Waals surface area contributed by atoms with Gasteiger partial charge in [-0.3, -0.25) is 0 Å². The van der Waals surface area contributed by atoms with Gasteiger partial charge >= 0.3 is 0 Å². The molecule has 108 valence electrons. The molecule has 0 saturated carbocycles. The fourth-order valence-corrected chi connectivity index (χ4v) is 1.69. The van der Waals surface area contributed by atoms with E-state index in [4.69, 9.17) is 14.2 Å². The predicted octanol–water partition coefficient (Wildman–Crippen LogP) is 2.47. The second-order valence-corrected chi connectivity index (χ2v) is 4.84. The Bertz CT molecular complexity index is 366. The van der Waals surface area contributed by atoms with E-state index in [2.05, 4.69) is 19.2 Å². The van der Waals surface area contributed by atoms with Gasteiger partial charge < -0.3 is 19.5 Å². The van der Waals surface area contributed by atoms with E-state index in [0.29, 0.717) is 19.1 Å². The summed E-state index contributed by atoms with van der Waals surface area (Å²) in [7, 11) is 3.34. The fraction of sp³-hybridized carbons (Fsp3) is 0.600. The molecule has 0 amide bonds. The van der Waals surface area contributed by atoms with Crippen LogP contribution in [0.4, 0.5) is 0 Å². The molecule has 0 aliphatic rings. The molecule has 19 heavy (non-hydrogen) atoms. The standard InChI is InChI=1S/C15H25NO3/c1-12(2)10-16-11-13-9-14(18-4)5-6-15(13)19-8-7-17-3/h5-6,9,12,16H,7-8,10-11H2,1-4H3. The number of nitrogens with one attached hydrogen (secondary N) is 1. The highest BCUT2D eigenvalue weighted by atomic mass is 16.5. The largest absolute Gasteiger partial charge is 0.497 e. The van der Waals surface area contributed by atoms with Gasteiger partial charge in [0.05, 0.1) is 13.7 Å². The molecule has 0 aromatic heterocycles. The lowest BCUT2D eigenvalue weighted by Crippen LogP contribution is -2.19. The van der Waals surface area contributed by atoms with Crippen LogP contribution in [0.15, 0.2) is 18.2 Å². The lowest BCUT2D eigenvalue weighted by atomic mass is 10.1. The van der Waals surface area contributed by atoms with Crippen molar-refractivity contribution >= 4 is 0 Å². The van der Waals surface area contributed by atoms with Crippen LogP contribution in [-0.4, -0.2) is 34.0 Å². The summed E-state index contributed by atoms with van der Waals surface area (Å²) in [6.45, 7) is 7.28. The lowest BCUT2D eigenvalue weighted by molar-refractivity contribution is 0.145. The van der Waals surface area contributed by atoms with E-state index in [9.17, 15) is 0 Å². The van der Waals surface area contributed by atoms with Crippen molar-refractivity contribution in [2.75, 3.05) is 34.0 Å². The van der Waals surface area contributed by atoms with Crippen LogP contribution in [-0.2, 0) is 11.3 Å². The Balaban J connectivity index is 2.65. The minimum Gasteiger partial charge on any atom is -0.497 e. The molecule has 0 unspecified atom stereocenters. The molecule has 0 heterocycles. The third kappa shape index (κ3) is 5.94. The first-order chi connectivity index (χ1) is 9.17. The highest BCUT2D eigenvalue weighted by Crippen LogP contribution is 2.24. The summed E-state index contributed by atoms with van der Waals surface area (Å²) in [4.78, 5) is 0. The van der Waals surface area contributed by atoms with Crippen LogP contribution in [0.2, 0.25) is 0 Å². The molecule has 0 fully saturated rings. The van der Waals surface area contributed by atoms with Crippen LogP contribution >= 0.6 is 0 Å². The van der Waals surface area contributed by atoms with Gasteiger partial charge in [0, 0.05) is 19.2 Å². The molecule has 4 heteroatoms. The van der Waals surface area contributed by atoms with Gasteiger partial charge in [0.15, 0.2) is 0 Å². The maximum Gasteiger partial charge on any atom is 0.124 e. The van der Waals surface area contributed by atoms with Crippen molar-refractivity contribution in [2.24, 2.45) is 5.92 Å². The fourth-order valence-electron chi connectivity index (χ4n) is 1.69. The molecule has 1 rings (SSSR count). The topological polar surface area (TPSA) is 39.7 Å². The van der Waals surface area contributed by atoms with E-state index in [0.717, 1.165) is 30.2 Å². The van der Waals surface area contributed by atoms with Gasteiger partial charge in [-0.1, -0.05) is 13.8 Å². The molecule has 0 radical (unpaired) electrons. The number of hydrogen-bond acceptors (Lipinski definition) is 4. The third-order valence-corrected chi connectivity index (χ3v) is 2.68. The number of methoxy groups -OCH3 is 2. The van der Waals surface area contributed by atoms with Crippen LogP contribution < -0.4 is 14.8 Å². The smallest absolute Gasteiger partial charge is 0.124 e. The van der Waals surface area contributed by atoms with Crippen molar-refractivity contribution in [2.45, 2.75) is 20.4 Å². The molecule has 1 aromatic carbocycles. The molecule has 0 bridgehead atoms. The first kappa shape index (κ1) is 15.8. The Morgan fingerprint density at radius 3 is 2.58 bits per heavy atom. The molecule has 0 aliphatic heterocycles. The van der Waals surface area contributed by atoms with Crippen LogP contribution in [0.25, 0.3) is 0 Å². The Kier molecular flexibility index (Phi) is 7.30. The summed E-state index contributed by atoms with van der Waals surface area (Å²) in [6.07, 6.45) is 0. The number of benzene rings is 1. The van der Waals surface area contributed by atoms with Gasteiger partial charge in [-0.2, -0.15) is 0 Å². The Labute approximate surface area is 116 Å². The molecule has 0 saturated heterocycles. The molecule has 0 aliphatic carbocycles. The first-order valence-electron chi connectivity index (χ1n) is 6.66. The molecule has 4 nitrogen and oxygen atoms in total. The zero-order valence-electron chi connectivity index (χ0n) is 12.4. The maximum absolute atomic E-state index is 5.71. The monoisotopic (exact) mass is 267 g/mol. The zero-order valence-corrected chi connectivity index (χ0v) is 12.4. The van der Waals surface area contributed by atoms with Crippen molar-refractivity contribution in [3.8, 4) is 11.5 Å². The summed E-state index contributed by atoms with van der Waals surface area (Å²) < 4.78 is 16.0. The second kappa shape index (κ2) is 8.77. The SMILES string of the molecule is COCCOc1ccc(OC)cc1CNCC(C)C. The molecule has 0 atom stereocenters. The van der Waals surface area contributed by atoms with Gasteiger partial charge in [0.2, 0.25) is 0 Å². The maximum atomic E-state index is 5.71. The van der Waals surface area contributed by atoms with E-state index < -0.39 is 0 Å². The highest BCUT2D eigenvalue weighted by Gasteiger charge is 2.06. The Morgan fingerprint density at radius 1 is 1.16 bits per heavy atom. The number of ether oxygens (including phenoxy) is 3. The van der Waals surface area contributed by atoms with Crippen molar-refractivity contribution in [1.29, 1.82) is 0 Å². The summed E-state index contributed by atoms with van der Waals surface area (Å²) in [5.74, 6) is 2.36. The van der Waals surface area contributed by atoms with Crippen LogP contribution in [0.3, 0.4) is 0 Å². The first-order valence-corrected chi connectivity index (χ1v) is 6.66. The second-order valence-electron chi connectivity index (χ2n) is 4.84. The van der Waals surface area contributed by atoms with Crippen molar-refractivity contribution < 1.29 is 14.2 Å². The summed E-state index contributed by atoms with van der Waals surface area (Å²) in [6, 6.07) is 5.87. The number of rotatable bonds is 9. The third-order valence-electron chi connectivity index (χ3n) is 2.68. The van der Waals surface area contributed by atoms with Crippen LogP contribution in [0.1, 0.15) is 19.4 Å². The van der Waals surface area contributed by atoms with Gasteiger partial charge in [-0.25, -0.2) is 0 Å². The Hall–Kier alpha value is -1.26. The van der Waals surface area contributed by atoms with E-state index in [1.807, 2.05) is 18.2 Å². The summed E-state index contributed by atoms with van der Waals surface area (Å²) >= 11 is 0. The Morgan fingerprint density at radius 2 is 1.95 bits per heavy atom. The number of hydrogen-bond donors (Lipinski definition) is 1. The van der Waals surface area contributed by atoms with Crippen LogP contribution in [0.5, 0.6) is 11.5 Å². The minimum atomic E-state index is 0.556. The van der Waals surface area contributed by atoms with Gasteiger partial charge in [-0.05, 0) is 30.7 Å². The van der Waals surface area contributed by atoms with Crippen molar-refractivity contribution in [3.63, 3.8) is 0 Å².